The Labute approximate surface area is 123 Å². The van der Waals surface area contributed by atoms with Crippen LogP contribution in [0.25, 0.3) is 0 Å². The summed E-state index contributed by atoms with van der Waals surface area (Å²) in [5, 5.41) is 8.25. The Morgan fingerprint density at radius 3 is 2.71 bits per heavy atom. The first-order valence-electron chi connectivity index (χ1n) is 6.07. The Kier molecular flexibility index (Phi) is 6.01. The van der Waals surface area contributed by atoms with E-state index in [1.165, 1.54) is 0 Å². The maximum Gasteiger partial charge on any atom is 0.408 e. The summed E-state index contributed by atoms with van der Waals surface area (Å²) in [6, 6.07) is 0. The number of rotatable bonds is 6. The molecule has 1 rings (SSSR count). The van der Waals surface area contributed by atoms with Crippen LogP contribution in [0.3, 0.4) is 0 Å². The molecule has 1 aromatic heterocycles. The third-order valence-corrected chi connectivity index (χ3v) is 2.72. The average Bonchev–Trinajstić information content (AvgIpc) is 2.37. The van der Waals surface area contributed by atoms with Crippen molar-refractivity contribution in [1.29, 1.82) is 0 Å². The number of halogens is 4. The van der Waals surface area contributed by atoms with Crippen LogP contribution in [0.1, 0.15) is 13.3 Å². The molecule has 10 heteroatoms. The molecule has 0 aliphatic carbocycles. The maximum absolute atomic E-state index is 12.2. The molecule has 0 saturated carbocycles. The molecule has 1 aromatic rings. The number of aromatic nitrogens is 2. The van der Waals surface area contributed by atoms with Crippen molar-refractivity contribution in [3.05, 3.63) is 21.6 Å². The highest BCUT2D eigenvalue weighted by atomic mass is 35.5. The summed E-state index contributed by atoms with van der Waals surface area (Å²) in [6.45, 7) is 0.932. The van der Waals surface area contributed by atoms with E-state index in [1.807, 2.05) is 0 Å². The third kappa shape index (κ3) is 5.62. The lowest BCUT2D eigenvalue weighted by Gasteiger charge is -2.11. The van der Waals surface area contributed by atoms with Crippen LogP contribution in [0.15, 0.2) is 11.0 Å². The summed E-state index contributed by atoms with van der Waals surface area (Å²) in [5.74, 6) is -0.195. The monoisotopic (exact) mass is 326 g/mol. The number of hydrogen-bond donors (Lipinski definition) is 2. The lowest BCUT2D eigenvalue weighted by Crippen LogP contribution is -2.31. The fourth-order valence-electron chi connectivity index (χ4n) is 1.47. The van der Waals surface area contributed by atoms with Crippen LogP contribution in [0, 0.1) is 0 Å². The summed E-state index contributed by atoms with van der Waals surface area (Å²) in [7, 11) is 0. The second-order valence-electron chi connectivity index (χ2n) is 4.08. The minimum Gasteiger partial charge on any atom is -0.382 e. The second kappa shape index (κ2) is 7.30. The van der Waals surface area contributed by atoms with E-state index in [0.29, 0.717) is 6.54 Å². The zero-order valence-corrected chi connectivity index (χ0v) is 11.9. The van der Waals surface area contributed by atoms with Gasteiger partial charge in [0, 0.05) is 19.5 Å². The van der Waals surface area contributed by atoms with E-state index in [1.54, 1.807) is 6.92 Å². The van der Waals surface area contributed by atoms with Crippen LogP contribution in [0.2, 0.25) is 5.02 Å². The van der Waals surface area contributed by atoms with Crippen LogP contribution in [0.5, 0.6) is 0 Å². The molecule has 0 spiro atoms. The Bertz CT molecular complexity index is 559. The van der Waals surface area contributed by atoms with Crippen molar-refractivity contribution in [3.63, 3.8) is 0 Å². The van der Waals surface area contributed by atoms with Gasteiger partial charge in [0.2, 0.25) is 5.91 Å². The zero-order chi connectivity index (χ0) is 16.0. The van der Waals surface area contributed by atoms with Crippen molar-refractivity contribution in [3.8, 4) is 0 Å². The Balaban J connectivity index is 2.72. The Hall–Kier alpha value is -1.77. The molecule has 0 unspecified atom stereocenters. The highest BCUT2D eigenvalue weighted by molar-refractivity contribution is 6.32. The fraction of sp³-hybridized carbons (Fsp3) is 0.545. The van der Waals surface area contributed by atoms with Gasteiger partial charge in [0.1, 0.15) is 11.6 Å². The van der Waals surface area contributed by atoms with Crippen LogP contribution >= 0.6 is 11.6 Å². The van der Waals surface area contributed by atoms with Gasteiger partial charge in [0.05, 0.1) is 11.9 Å². The lowest BCUT2D eigenvalue weighted by molar-refractivity contribution is -0.143. The van der Waals surface area contributed by atoms with Gasteiger partial charge in [-0.15, -0.1) is 0 Å². The molecule has 0 saturated heterocycles. The molecule has 1 amide bonds. The predicted octanol–water partition coefficient (Wildman–Crippen LogP) is 1.40. The quantitative estimate of drug-likeness (QED) is 0.828. The number of nitrogens with zero attached hydrogens (tertiary/aromatic N) is 2. The molecule has 0 radical (unpaired) electrons. The molecule has 6 nitrogen and oxygen atoms in total. The molecule has 0 aromatic carbocycles. The minimum absolute atomic E-state index is 0.0874. The number of carbonyl (C=O) groups excluding carboxylic acids is 1. The largest absolute Gasteiger partial charge is 0.408 e. The Morgan fingerprint density at radius 1 is 1.48 bits per heavy atom. The van der Waals surface area contributed by atoms with Crippen LogP contribution < -0.4 is 16.2 Å². The van der Waals surface area contributed by atoms with E-state index < -0.39 is 23.3 Å². The molecule has 21 heavy (non-hydrogen) atoms. The molecular weight excluding hydrogens is 313 g/mol. The van der Waals surface area contributed by atoms with Gasteiger partial charge in [0.25, 0.3) is 5.56 Å². The fourth-order valence-corrected chi connectivity index (χ4v) is 1.68. The SMILES string of the molecule is CCNC(=O)CCNc1cnn(CC(F)(F)F)c(=O)c1Cl. The smallest absolute Gasteiger partial charge is 0.382 e. The highest BCUT2D eigenvalue weighted by Crippen LogP contribution is 2.18. The van der Waals surface area contributed by atoms with Crippen molar-refractivity contribution in [2.75, 3.05) is 18.4 Å². The van der Waals surface area contributed by atoms with E-state index in [-0.39, 0.29) is 29.2 Å². The normalized spacial score (nSPS) is 11.3. The van der Waals surface area contributed by atoms with Crippen LogP contribution in [-0.4, -0.2) is 35.0 Å². The van der Waals surface area contributed by atoms with Gasteiger partial charge < -0.3 is 10.6 Å². The van der Waals surface area contributed by atoms with Gasteiger partial charge in [-0.3, -0.25) is 9.59 Å². The van der Waals surface area contributed by atoms with E-state index >= 15 is 0 Å². The lowest BCUT2D eigenvalue weighted by atomic mass is 10.3. The first-order chi connectivity index (χ1) is 9.74. The number of hydrogen-bond acceptors (Lipinski definition) is 4. The summed E-state index contributed by atoms with van der Waals surface area (Å²) in [6.07, 6.45) is -3.41. The van der Waals surface area contributed by atoms with Gasteiger partial charge in [-0.25, -0.2) is 4.68 Å². The van der Waals surface area contributed by atoms with Crippen molar-refractivity contribution in [2.24, 2.45) is 0 Å². The molecule has 0 aliphatic rings. The van der Waals surface area contributed by atoms with Crippen molar-refractivity contribution < 1.29 is 18.0 Å². The first kappa shape index (κ1) is 17.3. The van der Waals surface area contributed by atoms with Gasteiger partial charge in [-0.1, -0.05) is 11.6 Å². The van der Waals surface area contributed by atoms with Gasteiger partial charge in [0.15, 0.2) is 0 Å². The summed E-state index contributed by atoms with van der Waals surface area (Å²) in [4.78, 5) is 22.8. The predicted molar refractivity (Wildman–Crippen MR) is 71.4 cm³/mol. The molecule has 0 aliphatic heterocycles. The highest BCUT2D eigenvalue weighted by Gasteiger charge is 2.29. The Morgan fingerprint density at radius 2 is 2.14 bits per heavy atom. The third-order valence-electron chi connectivity index (χ3n) is 2.36. The molecule has 118 valence electrons. The number of carbonyl (C=O) groups is 1. The summed E-state index contributed by atoms with van der Waals surface area (Å²) >= 11 is 5.70. The van der Waals surface area contributed by atoms with Crippen molar-refractivity contribution >= 4 is 23.2 Å². The number of nitrogens with one attached hydrogen (secondary N) is 2. The van der Waals surface area contributed by atoms with Crippen LogP contribution in [0.4, 0.5) is 18.9 Å². The van der Waals surface area contributed by atoms with Gasteiger partial charge in [-0.05, 0) is 6.92 Å². The summed E-state index contributed by atoms with van der Waals surface area (Å²) in [5.41, 5.74) is -0.957. The topological polar surface area (TPSA) is 76.0 Å². The standard InChI is InChI=1S/C11H14ClF3N4O2/c1-2-16-8(20)3-4-17-7-5-18-19(6-11(13,14)15)10(21)9(7)12/h5,17H,2-4,6H2,1H3,(H,16,20). The second-order valence-corrected chi connectivity index (χ2v) is 4.46. The maximum atomic E-state index is 12.2. The number of amides is 1. The zero-order valence-electron chi connectivity index (χ0n) is 11.1. The van der Waals surface area contributed by atoms with Gasteiger partial charge in [-0.2, -0.15) is 18.3 Å². The molecule has 0 bridgehead atoms. The van der Waals surface area contributed by atoms with E-state index in [0.717, 1.165) is 6.20 Å². The molecule has 0 atom stereocenters. The van der Waals surface area contributed by atoms with E-state index in [9.17, 15) is 22.8 Å². The molecule has 2 N–H and O–H groups in total. The molecule has 0 fully saturated rings. The first-order valence-corrected chi connectivity index (χ1v) is 6.45. The van der Waals surface area contributed by atoms with Crippen molar-refractivity contribution in [2.45, 2.75) is 26.1 Å². The minimum atomic E-state index is -4.56. The number of alkyl halides is 3. The average molecular weight is 327 g/mol. The summed E-state index contributed by atoms with van der Waals surface area (Å²) < 4.78 is 36.9. The van der Waals surface area contributed by atoms with Crippen molar-refractivity contribution in [1.82, 2.24) is 15.1 Å². The van der Waals surface area contributed by atoms with E-state index in [2.05, 4.69) is 15.7 Å². The van der Waals surface area contributed by atoms with Crippen LogP contribution in [-0.2, 0) is 11.3 Å². The number of anilines is 1. The van der Waals surface area contributed by atoms with E-state index in [4.69, 9.17) is 11.6 Å². The molecular formula is C11H14ClF3N4O2. The molecule has 1 heterocycles. The van der Waals surface area contributed by atoms with Gasteiger partial charge >= 0.3 is 6.18 Å².